The van der Waals surface area contributed by atoms with E-state index in [1.54, 1.807) is 20.8 Å². The van der Waals surface area contributed by atoms with Gasteiger partial charge in [0.2, 0.25) is 0 Å². The molecule has 0 amide bonds. The van der Waals surface area contributed by atoms with Gasteiger partial charge < -0.3 is 9.26 Å². The summed E-state index contributed by atoms with van der Waals surface area (Å²) >= 11 is 1.22. The van der Waals surface area contributed by atoms with Crippen molar-refractivity contribution in [3.8, 4) is 0 Å². The van der Waals surface area contributed by atoms with Gasteiger partial charge in [0.15, 0.2) is 0 Å². The van der Waals surface area contributed by atoms with Gasteiger partial charge in [0.1, 0.15) is 17.5 Å². The first-order valence-corrected chi connectivity index (χ1v) is 15.3. The van der Waals surface area contributed by atoms with Gasteiger partial charge in [0.05, 0.1) is 16.5 Å². The molecule has 10 heteroatoms. The normalized spacial score (nSPS) is 12.7. The zero-order chi connectivity index (χ0) is 28.6. The molecule has 4 rings (SSSR count). The van der Waals surface area contributed by atoms with E-state index >= 15 is 0 Å². The van der Waals surface area contributed by atoms with Crippen LogP contribution in [0.4, 0.5) is 0 Å². The van der Waals surface area contributed by atoms with Crippen LogP contribution in [0.3, 0.4) is 0 Å². The smallest absolute Gasteiger partial charge is 0.330 e. The van der Waals surface area contributed by atoms with E-state index in [1.807, 2.05) is 60.7 Å². The van der Waals surface area contributed by atoms with Gasteiger partial charge in [-0.25, -0.2) is 9.36 Å². The molecule has 0 radical (unpaired) electrons. The second-order valence-electron chi connectivity index (χ2n) is 10.9. The van der Waals surface area contributed by atoms with Crippen LogP contribution >= 0.6 is 11.3 Å². The summed E-state index contributed by atoms with van der Waals surface area (Å²) in [5.41, 5.74) is -2.22. The maximum Gasteiger partial charge on any atom is 0.330 e. The van der Waals surface area contributed by atoms with E-state index < -0.39 is 36.1 Å². The monoisotopic (exact) mass is 563 g/mol. The number of nitrogens with zero attached hydrogens (tertiary/aromatic N) is 2. The highest BCUT2D eigenvalue weighted by molar-refractivity contribution is 7.20. The van der Waals surface area contributed by atoms with Crippen LogP contribution in [0, 0.1) is 6.92 Å². The van der Waals surface area contributed by atoms with Gasteiger partial charge in [-0.2, -0.15) is 0 Å². The van der Waals surface area contributed by atoms with Crippen LogP contribution < -0.4 is 21.6 Å². The molecule has 0 saturated heterocycles. The maximum absolute atomic E-state index is 14.2. The molecule has 2 heterocycles. The van der Waals surface area contributed by atoms with Crippen molar-refractivity contribution in [1.82, 2.24) is 9.55 Å². The molecule has 1 N–H and O–H groups in total. The molecule has 204 valence electrons. The lowest BCUT2D eigenvalue weighted by Gasteiger charge is -2.43. The van der Waals surface area contributed by atoms with Gasteiger partial charge in [-0.1, -0.05) is 86.6 Å². The van der Waals surface area contributed by atoms with Crippen LogP contribution in [-0.4, -0.2) is 37.2 Å². The second kappa shape index (κ2) is 10.4. The minimum absolute atomic E-state index is 0.323. The van der Waals surface area contributed by atoms with Crippen LogP contribution in [0.2, 0.25) is 5.04 Å². The molecule has 0 unspecified atom stereocenters. The van der Waals surface area contributed by atoms with E-state index in [2.05, 4.69) is 30.9 Å². The van der Waals surface area contributed by atoms with E-state index in [0.29, 0.717) is 20.7 Å². The minimum atomic E-state index is -3.27. The number of aromatic amines is 1. The molecule has 0 bridgehead atoms. The summed E-state index contributed by atoms with van der Waals surface area (Å²) in [6.07, 6.45) is 1.49. The number of carbonyl (C=O) groups excluding carboxylic acids is 1. The summed E-state index contributed by atoms with van der Waals surface area (Å²) in [6.45, 7) is 11.0. The summed E-state index contributed by atoms with van der Waals surface area (Å²) in [7, 11) is -1.85. The van der Waals surface area contributed by atoms with Crippen molar-refractivity contribution in [2.24, 2.45) is 5.16 Å². The Morgan fingerprint density at radius 1 is 0.974 bits per heavy atom. The third kappa shape index (κ3) is 4.78. The topological polar surface area (TPSA) is 103 Å². The predicted molar refractivity (Wildman–Crippen MR) is 159 cm³/mol. The Kier molecular flexibility index (Phi) is 7.55. The molecule has 2 aromatic carbocycles. The number of aromatic nitrogens is 2. The van der Waals surface area contributed by atoms with E-state index in [0.717, 1.165) is 14.9 Å². The molecular formula is C29H33N3O5SSi. The number of aryl methyl sites for hydroxylation is 1. The third-order valence-electron chi connectivity index (χ3n) is 7.02. The van der Waals surface area contributed by atoms with Crippen molar-refractivity contribution in [1.29, 1.82) is 0 Å². The van der Waals surface area contributed by atoms with Crippen molar-refractivity contribution in [3.63, 3.8) is 0 Å². The zero-order valence-corrected chi connectivity index (χ0v) is 25.0. The Balaban J connectivity index is 1.91. The van der Waals surface area contributed by atoms with Crippen molar-refractivity contribution >= 4 is 52.4 Å². The molecule has 0 fully saturated rings. The van der Waals surface area contributed by atoms with Gasteiger partial charge >= 0.3 is 20.0 Å². The average molecular weight is 564 g/mol. The van der Waals surface area contributed by atoms with Gasteiger partial charge in [-0.05, 0) is 41.7 Å². The van der Waals surface area contributed by atoms with Gasteiger partial charge in [0, 0.05) is 0 Å². The highest BCUT2D eigenvalue weighted by Gasteiger charge is 2.55. The van der Waals surface area contributed by atoms with Gasteiger partial charge in [-0.3, -0.25) is 14.6 Å². The Labute approximate surface area is 232 Å². The summed E-state index contributed by atoms with van der Waals surface area (Å²) in [6, 6.07) is 19.5. The van der Waals surface area contributed by atoms with Crippen molar-refractivity contribution in [2.45, 2.75) is 52.1 Å². The molecule has 0 aliphatic carbocycles. The van der Waals surface area contributed by atoms with Crippen LogP contribution in [-0.2, 0) is 19.6 Å². The molecule has 2 aromatic heterocycles. The standard InChI is InChI=1S/C29H33N3O5SSi/c1-19-22(18-30-36-7)38-24-23(19)25(33)32(27(35)31-24)29(5,6)26(34)37-39(28(2,3)4,20-14-10-8-11-15-20)21-16-12-9-13-17-21/h8-18H,1-7H3,(H,31,35). The van der Waals surface area contributed by atoms with Crippen LogP contribution in [0.5, 0.6) is 0 Å². The largest absolute Gasteiger partial charge is 0.508 e. The number of hydrogen-bond donors (Lipinski definition) is 1. The number of nitrogens with one attached hydrogen (secondary N) is 1. The van der Waals surface area contributed by atoms with Crippen LogP contribution in [0.1, 0.15) is 45.1 Å². The molecule has 0 saturated carbocycles. The van der Waals surface area contributed by atoms with Gasteiger partial charge in [-0.15, -0.1) is 11.3 Å². The fourth-order valence-corrected chi connectivity index (χ4v) is 10.5. The molecule has 0 spiro atoms. The number of oxime groups is 1. The Morgan fingerprint density at radius 3 is 2.00 bits per heavy atom. The lowest BCUT2D eigenvalue weighted by Crippen LogP contribution is -2.69. The lowest BCUT2D eigenvalue weighted by molar-refractivity contribution is -0.144. The average Bonchev–Trinajstić information content (AvgIpc) is 3.20. The number of thiophene rings is 1. The zero-order valence-electron chi connectivity index (χ0n) is 23.2. The lowest BCUT2D eigenvalue weighted by atomic mass is 10.1. The van der Waals surface area contributed by atoms with Crippen molar-refractivity contribution in [2.75, 3.05) is 7.11 Å². The fourth-order valence-electron chi connectivity index (χ4n) is 4.97. The fraction of sp³-hybridized carbons (Fsp3) is 0.310. The quantitative estimate of drug-likeness (QED) is 0.209. The molecule has 0 aliphatic rings. The second-order valence-corrected chi connectivity index (χ2v) is 16.2. The number of benzene rings is 2. The summed E-state index contributed by atoms with van der Waals surface area (Å²) < 4.78 is 7.62. The predicted octanol–water partition coefficient (Wildman–Crippen LogP) is 3.88. The summed E-state index contributed by atoms with van der Waals surface area (Å²) in [5.74, 6) is -0.655. The molecule has 0 atom stereocenters. The first-order valence-electron chi connectivity index (χ1n) is 12.6. The van der Waals surface area contributed by atoms with E-state index in [9.17, 15) is 14.4 Å². The number of rotatable bonds is 7. The van der Waals surface area contributed by atoms with Crippen LogP contribution in [0.15, 0.2) is 75.4 Å². The Bertz CT molecular complexity index is 1610. The molecular weight excluding hydrogens is 530 g/mol. The van der Waals surface area contributed by atoms with Gasteiger partial charge in [0.25, 0.3) is 5.56 Å². The minimum Gasteiger partial charge on any atom is -0.508 e. The Morgan fingerprint density at radius 2 is 1.51 bits per heavy atom. The number of carbonyl (C=O) groups is 1. The maximum atomic E-state index is 14.2. The highest BCUT2D eigenvalue weighted by atomic mass is 32.1. The highest BCUT2D eigenvalue weighted by Crippen LogP contribution is 2.38. The number of H-pyrrole nitrogens is 1. The summed E-state index contributed by atoms with van der Waals surface area (Å²) in [5, 5.41) is 5.47. The van der Waals surface area contributed by atoms with E-state index in [1.165, 1.54) is 24.7 Å². The summed E-state index contributed by atoms with van der Waals surface area (Å²) in [4.78, 5) is 49.9. The SMILES string of the molecule is CON=Cc1sc2[nH]c(=O)n(C(C)(C)C(=O)O[Si](c3ccccc3)(c3ccccc3)C(C)(C)C)c(=O)c2c1C. The molecule has 8 nitrogen and oxygen atoms in total. The van der Waals surface area contributed by atoms with Crippen LogP contribution in [0.25, 0.3) is 10.2 Å². The van der Waals surface area contributed by atoms with Crippen molar-refractivity contribution < 1.29 is 14.1 Å². The number of hydrogen-bond acceptors (Lipinski definition) is 7. The molecule has 0 aliphatic heterocycles. The first-order chi connectivity index (χ1) is 18.4. The van der Waals surface area contributed by atoms with E-state index in [4.69, 9.17) is 9.26 Å². The molecule has 39 heavy (non-hydrogen) atoms. The number of fused-ring (bicyclic) bond motifs is 1. The first kappa shape index (κ1) is 28.3. The van der Waals surface area contributed by atoms with E-state index in [-0.39, 0.29) is 0 Å². The third-order valence-corrected chi connectivity index (χ3v) is 13.1. The van der Waals surface area contributed by atoms with Crippen molar-refractivity contribution in [3.05, 3.63) is 91.9 Å². The Hall–Kier alpha value is -3.76. The molecule has 4 aromatic rings.